The number of hydrogen-bond donors (Lipinski definition) is 1. The fourth-order valence-corrected chi connectivity index (χ4v) is 3.48. The van der Waals surface area contributed by atoms with Crippen LogP contribution in [0.1, 0.15) is 17.7 Å². The Hall–Kier alpha value is -1.37. The summed E-state index contributed by atoms with van der Waals surface area (Å²) in [5.74, 6) is -0.177. The van der Waals surface area contributed by atoms with Gasteiger partial charge in [-0.3, -0.25) is 4.79 Å². The Morgan fingerprint density at radius 1 is 1.32 bits per heavy atom. The van der Waals surface area contributed by atoms with Crippen molar-refractivity contribution in [2.45, 2.75) is 24.2 Å². The molecule has 2 rings (SSSR count). The van der Waals surface area contributed by atoms with E-state index in [1.165, 1.54) is 23.1 Å². The molecule has 0 saturated heterocycles. The summed E-state index contributed by atoms with van der Waals surface area (Å²) in [6.07, 6.45) is 3.05. The number of benzene rings is 1. The molecule has 0 unspecified atom stereocenters. The fourth-order valence-electron chi connectivity index (χ4n) is 1.92. The van der Waals surface area contributed by atoms with Crippen molar-refractivity contribution >= 4 is 44.4 Å². The first kappa shape index (κ1) is 17.0. The number of rotatable bonds is 6. The van der Waals surface area contributed by atoms with Crippen LogP contribution < -0.4 is 5.32 Å². The Kier molecular flexibility index (Phi) is 5.61. The normalized spacial score (nSPS) is 11.4. The predicted octanol–water partition coefficient (Wildman–Crippen LogP) is 3.77. The number of anilines is 1. The van der Waals surface area contributed by atoms with Gasteiger partial charge in [0.05, 0.1) is 15.6 Å². The Labute approximate surface area is 139 Å². The molecule has 2 aromatic rings. The lowest BCUT2D eigenvalue weighted by Gasteiger charge is -2.09. The minimum Gasteiger partial charge on any atom is -0.325 e. The van der Waals surface area contributed by atoms with Gasteiger partial charge in [-0.2, -0.15) is 0 Å². The van der Waals surface area contributed by atoms with Gasteiger partial charge in [0.25, 0.3) is 0 Å². The van der Waals surface area contributed by atoms with Gasteiger partial charge in [-0.15, -0.1) is 11.3 Å². The average Bonchev–Trinajstić information content (AvgIpc) is 2.93. The summed E-state index contributed by atoms with van der Waals surface area (Å²) in [5, 5.41) is 5.00. The molecule has 4 nitrogen and oxygen atoms in total. The summed E-state index contributed by atoms with van der Waals surface area (Å²) in [6, 6.07) is 8.30. The standard InChI is InChI=1S/C15H16ClNO3S2/c1-22(19,20)12-7-8-13(16)14(10-12)17-15(18)6-2-4-11-5-3-9-21-11/h3,5,7-10H,2,4,6H2,1H3,(H,17,18). The molecular weight excluding hydrogens is 342 g/mol. The number of thiophene rings is 1. The molecule has 0 aliphatic carbocycles. The van der Waals surface area contributed by atoms with Crippen LogP contribution in [-0.4, -0.2) is 20.6 Å². The van der Waals surface area contributed by atoms with Crippen molar-refractivity contribution in [3.63, 3.8) is 0 Å². The number of carbonyl (C=O) groups is 1. The van der Waals surface area contributed by atoms with Crippen LogP contribution in [0.15, 0.2) is 40.6 Å². The summed E-state index contributed by atoms with van der Waals surface area (Å²) in [7, 11) is -3.33. The molecule has 0 bridgehead atoms. The molecule has 0 atom stereocenters. The second-order valence-electron chi connectivity index (χ2n) is 4.89. The zero-order valence-corrected chi connectivity index (χ0v) is 14.4. The van der Waals surface area contributed by atoms with E-state index in [4.69, 9.17) is 11.6 Å². The van der Waals surface area contributed by atoms with Gasteiger partial charge in [0.15, 0.2) is 9.84 Å². The third-order valence-electron chi connectivity index (χ3n) is 3.05. The number of nitrogens with one attached hydrogen (secondary N) is 1. The van der Waals surface area contributed by atoms with Crippen molar-refractivity contribution in [1.82, 2.24) is 0 Å². The molecular formula is C15H16ClNO3S2. The molecule has 0 spiro atoms. The Bertz CT molecular complexity index is 755. The SMILES string of the molecule is CS(=O)(=O)c1ccc(Cl)c(NC(=O)CCCc2cccs2)c1. The Morgan fingerprint density at radius 2 is 2.09 bits per heavy atom. The summed E-state index contributed by atoms with van der Waals surface area (Å²) in [4.78, 5) is 13.3. The molecule has 118 valence electrons. The molecule has 0 aliphatic heterocycles. The van der Waals surface area contributed by atoms with Crippen molar-refractivity contribution in [3.8, 4) is 0 Å². The molecule has 1 amide bonds. The molecule has 22 heavy (non-hydrogen) atoms. The largest absolute Gasteiger partial charge is 0.325 e. The van der Waals surface area contributed by atoms with E-state index >= 15 is 0 Å². The Balaban J connectivity index is 1.96. The fraction of sp³-hybridized carbons (Fsp3) is 0.267. The highest BCUT2D eigenvalue weighted by molar-refractivity contribution is 7.90. The van der Waals surface area contributed by atoms with Gasteiger partial charge in [-0.25, -0.2) is 8.42 Å². The molecule has 1 heterocycles. The van der Waals surface area contributed by atoms with E-state index in [1.807, 2.05) is 17.5 Å². The number of aryl methyl sites for hydroxylation is 1. The number of sulfone groups is 1. The molecule has 0 aliphatic rings. The molecule has 0 saturated carbocycles. The summed E-state index contributed by atoms with van der Waals surface area (Å²) in [6.45, 7) is 0. The number of hydrogen-bond acceptors (Lipinski definition) is 4. The molecule has 7 heteroatoms. The van der Waals surface area contributed by atoms with Gasteiger partial charge >= 0.3 is 0 Å². The van der Waals surface area contributed by atoms with Gasteiger partial charge in [-0.05, 0) is 42.5 Å². The highest BCUT2D eigenvalue weighted by atomic mass is 35.5. The van der Waals surface area contributed by atoms with Gasteiger partial charge < -0.3 is 5.32 Å². The number of halogens is 1. The van der Waals surface area contributed by atoms with Crippen LogP contribution >= 0.6 is 22.9 Å². The highest BCUT2D eigenvalue weighted by Gasteiger charge is 2.12. The van der Waals surface area contributed by atoms with Crippen LogP contribution in [0.3, 0.4) is 0 Å². The molecule has 0 radical (unpaired) electrons. The van der Waals surface area contributed by atoms with Crippen LogP contribution in [-0.2, 0) is 21.1 Å². The maximum atomic E-state index is 11.9. The summed E-state index contributed by atoms with van der Waals surface area (Å²) < 4.78 is 23.1. The Morgan fingerprint density at radius 3 is 2.73 bits per heavy atom. The van der Waals surface area contributed by atoms with E-state index in [0.717, 1.165) is 19.1 Å². The monoisotopic (exact) mass is 357 g/mol. The lowest BCUT2D eigenvalue weighted by atomic mass is 10.2. The minimum atomic E-state index is -3.33. The molecule has 1 N–H and O–H groups in total. The van der Waals surface area contributed by atoms with Gasteiger partial charge in [0.1, 0.15) is 0 Å². The molecule has 0 fully saturated rings. The second-order valence-corrected chi connectivity index (χ2v) is 8.35. The quantitative estimate of drug-likeness (QED) is 0.855. The van der Waals surface area contributed by atoms with Crippen molar-refractivity contribution in [1.29, 1.82) is 0 Å². The van der Waals surface area contributed by atoms with Gasteiger partial charge in [0.2, 0.25) is 5.91 Å². The molecule has 1 aromatic carbocycles. The third kappa shape index (κ3) is 4.83. The van der Waals surface area contributed by atoms with E-state index in [2.05, 4.69) is 5.32 Å². The minimum absolute atomic E-state index is 0.130. The van der Waals surface area contributed by atoms with Crippen LogP contribution in [0, 0.1) is 0 Å². The molecule has 1 aromatic heterocycles. The number of amides is 1. The smallest absolute Gasteiger partial charge is 0.224 e. The first-order valence-corrected chi connectivity index (χ1v) is 9.83. The van der Waals surface area contributed by atoms with Gasteiger partial charge in [-0.1, -0.05) is 17.7 Å². The van der Waals surface area contributed by atoms with Crippen LogP contribution in [0.25, 0.3) is 0 Å². The van der Waals surface area contributed by atoms with E-state index < -0.39 is 9.84 Å². The van der Waals surface area contributed by atoms with Crippen molar-refractivity contribution in [3.05, 3.63) is 45.6 Å². The highest BCUT2D eigenvalue weighted by Crippen LogP contribution is 2.25. The van der Waals surface area contributed by atoms with Crippen LogP contribution in [0.2, 0.25) is 5.02 Å². The van der Waals surface area contributed by atoms with E-state index in [9.17, 15) is 13.2 Å². The van der Waals surface area contributed by atoms with E-state index in [1.54, 1.807) is 11.3 Å². The summed E-state index contributed by atoms with van der Waals surface area (Å²) >= 11 is 7.66. The van der Waals surface area contributed by atoms with Crippen molar-refractivity contribution < 1.29 is 13.2 Å². The van der Waals surface area contributed by atoms with E-state index in [0.29, 0.717) is 17.1 Å². The van der Waals surface area contributed by atoms with Crippen LogP contribution in [0.4, 0.5) is 5.69 Å². The zero-order valence-electron chi connectivity index (χ0n) is 12.0. The average molecular weight is 358 g/mol. The van der Waals surface area contributed by atoms with Crippen molar-refractivity contribution in [2.75, 3.05) is 11.6 Å². The van der Waals surface area contributed by atoms with Crippen LogP contribution in [0.5, 0.6) is 0 Å². The first-order valence-electron chi connectivity index (χ1n) is 6.68. The maximum Gasteiger partial charge on any atom is 0.224 e. The third-order valence-corrected chi connectivity index (χ3v) is 5.42. The maximum absolute atomic E-state index is 11.9. The van der Waals surface area contributed by atoms with Gasteiger partial charge in [0, 0.05) is 17.6 Å². The lowest BCUT2D eigenvalue weighted by Crippen LogP contribution is -2.12. The lowest BCUT2D eigenvalue weighted by molar-refractivity contribution is -0.116. The first-order chi connectivity index (χ1) is 10.4. The second kappa shape index (κ2) is 7.26. The van der Waals surface area contributed by atoms with E-state index in [-0.39, 0.29) is 10.8 Å². The topological polar surface area (TPSA) is 63.2 Å². The number of carbonyl (C=O) groups excluding carboxylic acids is 1. The zero-order chi connectivity index (χ0) is 16.2. The predicted molar refractivity (Wildman–Crippen MR) is 90.4 cm³/mol. The summed E-state index contributed by atoms with van der Waals surface area (Å²) in [5.41, 5.74) is 0.325. The van der Waals surface area contributed by atoms with Crippen molar-refractivity contribution in [2.24, 2.45) is 0 Å².